The minimum Gasteiger partial charge on any atom is -0.496 e. The van der Waals surface area contributed by atoms with Crippen molar-refractivity contribution in [1.82, 2.24) is 9.59 Å². The monoisotopic (exact) mass is 327 g/mol. The molecule has 1 aromatic heterocycles. The van der Waals surface area contributed by atoms with Crippen LogP contribution in [0.15, 0.2) is 22.7 Å². The Balaban J connectivity index is 2.15. The predicted octanol–water partition coefficient (Wildman–Crippen LogP) is 2.86. The maximum Gasteiger partial charge on any atom is 0.133 e. The van der Waals surface area contributed by atoms with Crippen molar-refractivity contribution >= 4 is 27.5 Å². The van der Waals surface area contributed by atoms with Gasteiger partial charge in [0.05, 0.1) is 22.2 Å². The summed E-state index contributed by atoms with van der Waals surface area (Å²) in [5.41, 5.74) is 8.25. The molecule has 1 heterocycles. The molecule has 0 aliphatic carbocycles. The number of rotatable bonds is 4. The van der Waals surface area contributed by atoms with E-state index in [2.05, 4.69) is 25.5 Å². The van der Waals surface area contributed by atoms with Gasteiger partial charge in [-0.15, -0.1) is 5.10 Å². The van der Waals surface area contributed by atoms with Crippen LogP contribution < -0.4 is 10.5 Å². The van der Waals surface area contributed by atoms with Crippen LogP contribution in [0.2, 0.25) is 0 Å². The number of ether oxygens (including phenoxy) is 1. The fourth-order valence-electron chi connectivity index (χ4n) is 1.76. The van der Waals surface area contributed by atoms with Crippen molar-refractivity contribution in [1.29, 1.82) is 0 Å². The summed E-state index contributed by atoms with van der Waals surface area (Å²) < 4.78 is 10.1. The molecule has 2 aromatic rings. The maximum absolute atomic E-state index is 6.18. The number of hydrogen-bond acceptors (Lipinski definition) is 5. The number of nitrogens with two attached hydrogens (primary N) is 1. The summed E-state index contributed by atoms with van der Waals surface area (Å²) in [6, 6.07) is 5.92. The molecule has 18 heavy (non-hydrogen) atoms. The highest BCUT2D eigenvalue weighted by Crippen LogP contribution is 2.28. The van der Waals surface area contributed by atoms with Gasteiger partial charge in [0.2, 0.25) is 0 Å². The summed E-state index contributed by atoms with van der Waals surface area (Å²) in [6.07, 6.45) is 0.757. The Morgan fingerprint density at radius 1 is 1.50 bits per heavy atom. The normalized spacial score (nSPS) is 12.4. The van der Waals surface area contributed by atoms with Crippen molar-refractivity contribution in [3.05, 3.63) is 38.8 Å². The van der Waals surface area contributed by atoms with Gasteiger partial charge in [-0.25, -0.2) is 0 Å². The third-order valence-electron chi connectivity index (χ3n) is 2.70. The average Bonchev–Trinajstić information content (AvgIpc) is 2.76. The van der Waals surface area contributed by atoms with Crippen LogP contribution in [-0.2, 0) is 6.42 Å². The molecule has 0 aliphatic rings. The summed E-state index contributed by atoms with van der Waals surface area (Å²) in [6.45, 7) is 1.93. The van der Waals surface area contributed by atoms with Crippen LogP contribution in [0.5, 0.6) is 5.75 Å². The third-order valence-corrected chi connectivity index (χ3v) is 4.27. The molecular formula is C12H14BrN3OS. The highest BCUT2D eigenvalue weighted by molar-refractivity contribution is 9.10. The van der Waals surface area contributed by atoms with Crippen molar-refractivity contribution in [3.8, 4) is 5.75 Å². The van der Waals surface area contributed by atoms with E-state index in [-0.39, 0.29) is 6.04 Å². The van der Waals surface area contributed by atoms with Gasteiger partial charge in [0, 0.05) is 6.04 Å². The standard InChI is InChI=1S/C12H14BrN3OS/c1-7-12(18-16-15-7)10(14)6-8-3-4-11(17-2)9(13)5-8/h3-5,10H,6,14H2,1-2H3. The number of halogens is 1. The molecule has 96 valence electrons. The zero-order valence-electron chi connectivity index (χ0n) is 10.2. The number of methoxy groups -OCH3 is 1. The van der Waals surface area contributed by atoms with Crippen LogP contribution in [0.1, 0.15) is 22.2 Å². The van der Waals surface area contributed by atoms with Crippen molar-refractivity contribution in [2.45, 2.75) is 19.4 Å². The topological polar surface area (TPSA) is 61.0 Å². The van der Waals surface area contributed by atoms with Crippen molar-refractivity contribution in [2.24, 2.45) is 5.73 Å². The number of benzene rings is 1. The smallest absolute Gasteiger partial charge is 0.133 e. The van der Waals surface area contributed by atoms with Gasteiger partial charge in [-0.3, -0.25) is 0 Å². The molecule has 2 rings (SSSR count). The van der Waals surface area contributed by atoms with E-state index in [0.29, 0.717) is 0 Å². The van der Waals surface area contributed by atoms with Gasteiger partial charge in [-0.2, -0.15) is 0 Å². The minimum absolute atomic E-state index is 0.0645. The highest BCUT2D eigenvalue weighted by atomic mass is 79.9. The molecular weight excluding hydrogens is 314 g/mol. The van der Waals surface area contributed by atoms with Crippen LogP contribution in [-0.4, -0.2) is 16.7 Å². The van der Waals surface area contributed by atoms with E-state index in [1.54, 1.807) is 7.11 Å². The van der Waals surface area contributed by atoms with Gasteiger partial charge in [-0.1, -0.05) is 10.6 Å². The Morgan fingerprint density at radius 3 is 2.83 bits per heavy atom. The molecule has 1 atom stereocenters. The van der Waals surface area contributed by atoms with E-state index in [1.165, 1.54) is 11.5 Å². The van der Waals surface area contributed by atoms with E-state index >= 15 is 0 Å². The zero-order valence-corrected chi connectivity index (χ0v) is 12.6. The van der Waals surface area contributed by atoms with Crippen LogP contribution in [0, 0.1) is 6.92 Å². The predicted molar refractivity (Wildman–Crippen MR) is 76.0 cm³/mol. The number of aryl methyl sites for hydroxylation is 1. The summed E-state index contributed by atoms with van der Waals surface area (Å²) in [5.74, 6) is 0.822. The zero-order chi connectivity index (χ0) is 13.1. The molecule has 6 heteroatoms. The van der Waals surface area contributed by atoms with Gasteiger partial charge in [0.15, 0.2) is 0 Å². The largest absolute Gasteiger partial charge is 0.496 e. The quantitative estimate of drug-likeness (QED) is 0.937. The lowest BCUT2D eigenvalue weighted by molar-refractivity contribution is 0.412. The van der Waals surface area contributed by atoms with Crippen LogP contribution in [0.4, 0.5) is 0 Å². The van der Waals surface area contributed by atoms with Gasteiger partial charge in [0.1, 0.15) is 5.75 Å². The van der Waals surface area contributed by atoms with Crippen molar-refractivity contribution < 1.29 is 4.74 Å². The number of hydrogen-bond donors (Lipinski definition) is 1. The second kappa shape index (κ2) is 5.77. The Morgan fingerprint density at radius 2 is 2.28 bits per heavy atom. The summed E-state index contributed by atoms with van der Waals surface area (Å²) in [4.78, 5) is 1.04. The van der Waals surface area contributed by atoms with E-state index in [4.69, 9.17) is 10.5 Å². The van der Waals surface area contributed by atoms with Crippen LogP contribution >= 0.6 is 27.5 Å². The molecule has 1 aromatic carbocycles. The second-order valence-corrected chi connectivity index (χ2v) is 5.64. The lowest BCUT2D eigenvalue weighted by Gasteiger charge is -2.11. The van der Waals surface area contributed by atoms with E-state index < -0.39 is 0 Å². The van der Waals surface area contributed by atoms with Gasteiger partial charge in [-0.05, 0) is 58.5 Å². The fourth-order valence-corrected chi connectivity index (χ4v) is 2.99. The minimum atomic E-state index is -0.0645. The van der Waals surface area contributed by atoms with E-state index in [9.17, 15) is 0 Å². The Kier molecular flexibility index (Phi) is 4.31. The number of nitrogens with zero attached hydrogens (tertiary/aromatic N) is 2. The van der Waals surface area contributed by atoms with E-state index in [0.717, 1.165) is 32.8 Å². The van der Waals surface area contributed by atoms with Crippen molar-refractivity contribution in [3.63, 3.8) is 0 Å². The van der Waals surface area contributed by atoms with Crippen molar-refractivity contribution in [2.75, 3.05) is 7.11 Å². The molecule has 4 nitrogen and oxygen atoms in total. The number of aromatic nitrogens is 2. The van der Waals surface area contributed by atoms with Gasteiger partial charge >= 0.3 is 0 Å². The molecule has 0 fully saturated rings. The first kappa shape index (κ1) is 13.5. The Labute approximate surface area is 118 Å². The first-order valence-electron chi connectivity index (χ1n) is 5.48. The van der Waals surface area contributed by atoms with Crippen LogP contribution in [0.25, 0.3) is 0 Å². The first-order chi connectivity index (χ1) is 8.61. The molecule has 0 spiro atoms. The van der Waals surface area contributed by atoms with Gasteiger partial charge in [0.25, 0.3) is 0 Å². The van der Waals surface area contributed by atoms with Gasteiger partial charge < -0.3 is 10.5 Å². The molecule has 0 amide bonds. The first-order valence-corrected chi connectivity index (χ1v) is 7.05. The second-order valence-electron chi connectivity index (χ2n) is 4.00. The summed E-state index contributed by atoms with van der Waals surface area (Å²) in [5, 5.41) is 3.98. The van der Waals surface area contributed by atoms with E-state index in [1.807, 2.05) is 25.1 Å². The lowest BCUT2D eigenvalue weighted by atomic mass is 10.0. The third kappa shape index (κ3) is 2.88. The molecule has 0 aliphatic heterocycles. The lowest BCUT2D eigenvalue weighted by Crippen LogP contribution is -2.13. The fraction of sp³-hybridized carbons (Fsp3) is 0.333. The molecule has 0 saturated heterocycles. The molecule has 0 bridgehead atoms. The summed E-state index contributed by atoms with van der Waals surface area (Å²) in [7, 11) is 1.65. The average molecular weight is 328 g/mol. The Hall–Kier alpha value is -0.980. The summed E-state index contributed by atoms with van der Waals surface area (Å²) >= 11 is 4.84. The van der Waals surface area contributed by atoms with Crippen LogP contribution in [0.3, 0.4) is 0 Å². The molecule has 2 N–H and O–H groups in total. The Bertz CT molecular complexity index is 544. The molecule has 1 unspecified atom stereocenters. The molecule has 0 radical (unpaired) electrons. The molecule has 0 saturated carbocycles. The maximum atomic E-state index is 6.18. The highest BCUT2D eigenvalue weighted by Gasteiger charge is 2.14. The SMILES string of the molecule is COc1ccc(CC(N)c2snnc2C)cc1Br.